The summed E-state index contributed by atoms with van der Waals surface area (Å²) in [5.41, 5.74) is 2.25. The molecule has 0 saturated carbocycles. The van der Waals surface area contributed by atoms with Crippen LogP contribution in [0.25, 0.3) is 0 Å². The van der Waals surface area contributed by atoms with Crippen molar-refractivity contribution in [1.29, 1.82) is 0 Å². The van der Waals surface area contributed by atoms with Gasteiger partial charge in [-0.3, -0.25) is 15.5 Å². The lowest BCUT2D eigenvalue weighted by atomic mass is 10.4. The molecule has 0 aromatic carbocycles. The fourth-order valence-electron chi connectivity index (χ4n) is 1.23. The number of aryl methyl sites for hydroxylation is 1. The first-order valence-corrected chi connectivity index (χ1v) is 5.50. The van der Waals surface area contributed by atoms with Gasteiger partial charge in [0.05, 0.1) is 11.1 Å². The maximum atomic E-state index is 11.0. The van der Waals surface area contributed by atoms with Crippen molar-refractivity contribution in [1.82, 2.24) is 15.0 Å². The topological polar surface area (TPSA) is 133 Å². The summed E-state index contributed by atoms with van der Waals surface area (Å²) in [6, 6.07) is 0. The Kier molecular flexibility index (Phi) is 3.39. The van der Waals surface area contributed by atoms with Gasteiger partial charge in [-0.15, -0.1) is 0 Å². The standard InChI is InChI=1S/C8H8N6O3S/c1-4-5(14(15)16)6(12-7(11-4)13-9)18-8-10-2-3-17-8/h2-3H,9H2,1H3,(H,11,12,13). The van der Waals surface area contributed by atoms with E-state index >= 15 is 0 Å². The third kappa shape index (κ3) is 2.38. The summed E-state index contributed by atoms with van der Waals surface area (Å²) in [7, 11) is 0. The van der Waals surface area contributed by atoms with Gasteiger partial charge in [-0.1, -0.05) is 0 Å². The van der Waals surface area contributed by atoms with E-state index in [1.807, 2.05) is 0 Å². The van der Waals surface area contributed by atoms with E-state index in [1.54, 1.807) is 0 Å². The van der Waals surface area contributed by atoms with Gasteiger partial charge < -0.3 is 4.42 Å². The summed E-state index contributed by atoms with van der Waals surface area (Å²) in [5.74, 6) is 5.28. The maximum absolute atomic E-state index is 11.0. The molecule has 9 nitrogen and oxygen atoms in total. The van der Waals surface area contributed by atoms with Gasteiger partial charge in [0.2, 0.25) is 5.95 Å². The van der Waals surface area contributed by atoms with Crippen LogP contribution in [-0.2, 0) is 0 Å². The maximum Gasteiger partial charge on any atom is 0.323 e. The molecule has 0 aliphatic heterocycles. The summed E-state index contributed by atoms with van der Waals surface area (Å²) < 4.78 is 5.00. The van der Waals surface area contributed by atoms with Crippen LogP contribution in [-0.4, -0.2) is 19.9 Å². The van der Waals surface area contributed by atoms with E-state index in [-0.39, 0.29) is 27.6 Å². The van der Waals surface area contributed by atoms with Crippen LogP contribution >= 0.6 is 11.8 Å². The summed E-state index contributed by atoms with van der Waals surface area (Å²) >= 11 is 0.927. The van der Waals surface area contributed by atoms with E-state index in [9.17, 15) is 10.1 Å². The first-order chi connectivity index (χ1) is 8.61. The minimum absolute atomic E-state index is 0.0900. The van der Waals surface area contributed by atoms with Crippen molar-refractivity contribution in [2.45, 2.75) is 17.2 Å². The molecule has 2 rings (SSSR count). The molecule has 0 aliphatic carbocycles. The molecule has 0 fully saturated rings. The lowest BCUT2D eigenvalue weighted by Gasteiger charge is -2.04. The van der Waals surface area contributed by atoms with E-state index in [0.717, 1.165) is 11.8 Å². The largest absolute Gasteiger partial charge is 0.440 e. The number of nitro groups is 1. The summed E-state index contributed by atoms with van der Waals surface area (Å²) in [5, 5.41) is 11.3. The normalized spacial score (nSPS) is 10.3. The Morgan fingerprint density at radius 2 is 2.33 bits per heavy atom. The van der Waals surface area contributed by atoms with Crippen molar-refractivity contribution in [2.75, 3.05) is 5.43 Å². The van der Waals surface area contributed by atoms with E-state index in [2.05, 4.69) is 20.4 Å². The van der Waals surface area contributed by atoms with Crippen LogP contribution in [0.15, 0.2) is 27.1 Å². The minimum Gasteiger partial charge on any atom is -0.440 e. The van der Waals surface area contributed by atoms with Crippen LogP contribution in [0.1, 0.15) is 5.69 Å². The second kappa shape index (κ2) is 4.98. The molecule has 2 aromatic heterocycles. The van der Waals surface area contributed by atoms with Crippen LogP contribution < -0.4 is 11.3 Å². The third-order valence-corrected chi connectivity index (χ3v) is 2.79. The van der Waals surface area contributed by atoms with Crippen molar-refractivity contribution in [3.05, 3.63) is 28.3 Å². The number of nitrogen functional groups attached to an aromatic ring is 1. The van der Waals surface area contributed by atoms with E-state index in [0.29, 0.717) is 0 Å². The average molecular weight is 268 g/mol. The van der Waals surface area contributed by atoms with Crippen LogP contribution in [0.3, 0.4) is 0 Å². The zero-order chi connectivity index (χ0) is 13.1. The zero-order valence-corrected chi connectivity index (χ0v) is 9.97. The quantitative estimate of drug-likeness (QED) is 0.362. The van der Waals surface area contributed by atoms with Crippen LogP contribution in [0.4, 0.5) is 11.6 Å². The molecule has 2 aromatic rings. The Balaban J connectivity index is 2.48. The highest BCUT2D eigenvalue weighted by Gasteiger charge is 2.24. The number of oxazole rings is 1. The summed E-state index contributed by atoms with van der Waals surface area (Å²) in [4.78, 5) is 22.1. The van der Waals surface area contributed by atoms with Gasteiger partial charge in [-0.25, -0.2) is 15.8 Å². The highest BCUT2D eigenvalue weighted by molar-refractivity contribution is 7.99. The predicted octanol–water partition coefficient (Wildman–Crippen LogP) is 1.12. The molecule has 2 heterocycles. The molecule has 0 aliphatic rings. The van der Waals surface area contributed by atoms with E-state index in [1.165, 1.54) is 19.4 Å². The van der Waals surface area contributed by atoms with Crippen molar-refractivity contribution in [2.24, 2.45) is 5.84 Å². The van der Waals surface area contributed by atoms with Crippen molar-refractivity contribution < 1.29 is 9.34 Å². The van der Waals surface area contributed by atoms with Gasteiger partial charge >= 0.3 is 5.69 Å². The minimum atomic E-state index is -0.555. The fourth-order valence-corrected chi connectivity index (χ4v) is 2.06. The highest BCUT2D eigenvalue weighted by atomic mass is 32.2. The summed E-state index contributed by atoms with van der Waals surface area (Å²) in [6.45, 7) is 1.50. The first kappa shape index (κ1) is 12.3. The number of hydrogen-bond acceptors (Lipinski definition) is 9. The molecule has 0 radical (unpaired) electrons. The molecule has 18 heavy (non-hydrogen) atoms. The third-order valence-electron chi connectivity index (χ3n) is 1.93. The Bertz CT molecular complexity index is 572. The van der Waals surface area contributed by atoms with E-state index in [4.69, 9.17) is 10.3 Å². The lowest BCUT2D eigenvalue weighted by Crippen LogP contribution is -2.12. The average Bonchev–Trinajstić information content (AvgIpc) is 2.80. The van der Waals surface area contributed by atoms with Crippen molar-refractivity contribution in [3.8, 4) is 0 Å². The lowest BCUT2D eigenvalue weighted by molar-refractivity contribution is -0.389. The molecular weight excluding hydrogens is 260 g/mol. The predicted molar refractivity (Wildman–Crippen MR) is 61.9 cm³/mol. The molecule has 0 saturated heterocycles. The molecular formula is C8H8N6O3S. The zero-order valence-electron chi connectivity index (χ0n) is 9.15. The Hall–Kier alpha value is -2.20. The smallest absolute Gasteiger partial charge is 0.323 e. The number of nitrogens with two attached hydrogens (primary N) is 1. The van der Waals surface area contributed by atoms with Crippen molar-refractivity contribution in [3.63, 3.8) is 0 Å². The Morgan fingerprint density at radius 3 is 2.89 bits per heavy atom. The number of aromatic nitrogens is 3. The van der Waals surface area contributed by atoms with Gasteiger partial charge in [-0.05, 0) is 18.7 Å². The van der Waals surface area contributed by atoms with Crippen LogP contribution in [0.5, 0.6) is 0 Å². The number of anilines is 1. The van der Waals surface area contributed by atoms with Crippen LogP contribution in [0, 0.1) is 17.0 Å². The molecule has 0 amide bonds. The Morgan fingerprint density at radius 1 is 1.56 bits per heavy atom. The molecule has 0 atom stereocenters. The van der Waals surface area contributed by atoms with Crippen LogP contribution in [0.2, 0.25) is 0 Å². The van der Waals surface area contributed by atoms with Gasteiger partial charge in [-0.2, -0.15) is 4.98 Å². The van der Waals surface area contributed by atoms with Gasteiger partial charge in [0.25, 0.3) is 5.22 Å². The second-order valence-electron chi connectivity index (χ2n) is 3.09. The Labute approximate surface area is 105 Å². The van der Waals surface area contributed by atoms with Gasteiger partial charge in [0.15, 0.2) is 5.03 Å². The molecule has 10 heteroatoms. The van der Waals surface area contributed by atoms with Gasteiger partial charge in [0.1, 0.15) is 12.0 Å². The second-order valence-corrected chi connectivity index (χ2v) is 4.03. The highest BCUT2D eigenvalue weighted by Crippen LogP contribution is 2.34. The first-order valence-electron chi connectivity index (χ1n) is 4.69. The molecule has 94 valence electrons. The number of hydrogen-bond donors (Lipinski definition) is 2. The number of hydrazine groups is 1. The fraction of sp³-hybridized carbons (Fsp3) is 0.125. The molecule has 0 spiro atoms. The monoisotopic (exact) mass is 268 g/mol. The van der Waals surface area contributed by atoms with Crippen molar-refractivity contribution >= 4 is 23.4 Å². The summed E-state index contributed by atoms with van der Waals surface area (Å²) in [6.07, 6.45) is 2.80. The number of rotatable bonds is 4. The van der Waals surface area contributed by atoms with E-state index < -0.39 is 4.92 Å². The number of nitrogens with zero attached hydrogens (tertiary/aromatic N) is 4. The number of nitrogens with one attached hydrogen (secondary N) is 1. The molecule has 0 bridgehead atoms. The molecule has 3 N–H and O–H groups in total. The molecule has 0 unspecified atom stereocenters. The van der Waals surface area contributed by atoms with Gasteiger partial charge in [0, 0.05) is 0 Å². The SMILES string of the molecule is Cc1nc(NN)nc(Sc2ncco2)c1[N+](=O)[O-].